The lowest BCUT2D eigenvalue weighted by Crippen LogP contribution is -2.19. The number of esters is 1. The van der Waals surface area contributed by atoms with Crippen LogP contribution < -0.4 is 15.2 Å². The Balaban J connectivity index is 2.23. The Morgan fingerprint density at radius 1 is 1.50 bits per heavy atom. The van der Waals surface area contributed by atoms with Gasteiger partial charge in [-0.2, -0.15) is 0 Å². The second kappa shape index (κ2) is 5.46. The van der Waals surface area contributed by atoms with Crippen molar-refractivity contribution in [2.45, 2.75) is 12.5 Å². The monoisotopic (exact) mass is 271 g/mol. The zero-order valence-electron chi connectivity index (χ0n) is 9.94. The van der Waals surface area contributed by atoms with Crippen LogP contribution in [0.3, 0.4) is 0 Å². The van der Waals surface area contributed by atoms with E-state index in [4.69, 9.17) is 26.8 Å². The maximum atomic E-state index is 11.2. The molecule has 1 aromatic carbocycles. The lowest BCUT2D eigenvalue weighted by atomic mass is 10.0. The Morgan fingerprint density at radius 3 is 2.94 bits per heavy atom. The molecule has 6 heteroatoms. The summed E-state index contributed by atoms with van der Waals surface area (Å²) in [5.41, 5.74) is 6.63. The summed E-state index contributed by atoms with van der Waals surface area (Å²) in [5, 5.41) is 0.433. The average molecular weight is 272 g/mol. The molecule has 0 fully saturated rings. The van der Waals surface area contributed by atoms with E-state index in [-0.39, 0.29) is 12.4 Å². The molecule has 1 atom stereocenters. The molecular weight excluding hydrogens is 258 g/mol. The number of hydrogen-bond acceptors (Lipinski definition) is 5. The van der Waals surface area contributed by atoms with Crippen molar-refractivity contribution in [1.29, 1.82) is 0 Å². The number of fused-ring (bicyclic) bond motifs is 1. The minimum absolute atomic E-state index is 0.0898. The third-order valence-electron chi connectivity index (χ3n) is 2.66. The standard InChI is InChI=1S/C12H14ClNO4/c1-16-11(15)6-9(14)7-4-8(13)12-10(5-7)17-2-3-18-12/h4-5,9H,2-3,6,14H2,1H3/t9-/m0/s1. The van der Waals surface area contributed by atoms with Crippen molar-refractivity contribution in [3.63, 3.8) is 0 Å². The van der Waals surface area contributed by atoms with Crippen LogP contribution in [-0.2, 0) is 9.53 Å². The summed E-state index contributed by atoms with van der Waals surface area (Å²) in [4.78, 5) is 11.2. The van der Waals surface area contributed by atoms with Crippen molar-refractivity contribution in [3.8, 4) is 11.5 Å². The summed E-state index contributed by atoms with van der Waals surface area (Å²) in [5.74, 6) is 0.717. The molecular formula is C12H14ClNO4. The second-order valence-corrected chi connectivity index (χ2v) is 4.32. The summed E-state index contributed by atoms with van der Waals surface area (Å²) in [6.45, 7) is 0.944. The minimum atomic E-state index is -0.481. The van der Waals surface area contributed by atoms with Crippen molar-refractivity contribution in [1.82, 2.24) is 0 Å². The first-order chi connectivity index (χ1) is 8.61. The van der Waals surface area contributed by atoms with Crippen LogP contribution in [0.4, 0.5) is 0 Å². The van der Waals surface area contributed by atoms with Crippen molar-refractivity contribution >= 4 is 17.6 Å². The van der Waals surface area contributed by atoms with Crippen LogP contribution in [0, 0.1) is 0 Å². The van der Waals surface area contributed by atoms with Gasteiger partial charge in [0.25, 0.3) is 0 Å². The Morgan fingerprint density at radius 2 is 2.22 bits per heavy atom. The van der Waals surface area contributed by atoms with Gasteiger partial charge in [0.05, 0.1) is 18.6 Å². The summed E-state index contributed by atoms with van der Waals surface area (Å²) in [6.07, 6.45) is 0.0898. The number of ether oxygens (including phenoxy) is 3. The predicted molar refractivity (Wildman–Crippen MR) is 66.0 cm³/mol. The molecule has 18 heavy (non-hydrogen) atoms. The second-order valence-electron chi connectivity index (χ2n) is 3.91. The molecule has 1 aliphatic rings. The van der Waals surface area contributed by atoms with Gasteiger partial charge in [-0.1, -0.05) is 11.6 Å². The van der Waals surface area contributed by atoms with Crippen molar-refractivity contribution in [2.24, 2.45) is 5.73 Å². The van der Waals surface area contributed by atoms with Crippen LogP contribution in [0.1, 0.15) is 18.0 Å². The highest BCUT2D eigenvalue weighted by atomic mass is 35.5. The van der Waals surface area contributed by atoms with E-state index in [0.29, 0.717) is 29.7 Å². The van der Waals surface area contributed by atoms with Crippen LogP contribution in [0.5, 0.6) is 11.5 Å². The van der Waals surface area contributed by atoms with E-state index in [1.165, 1.54) is 7.11 Å². The number of methoxy groups -OCH3 is 1. The van der Waals surface area contributed by atoms with Crippen LogP contribution in [-0.4, -0.2) is 26.3 Å². The first-order valence-electron chi connectivity index (χ1n) is 5.53. The highest BCUT2D eigenvalue weighted by Gasteiger charge is 2.20. The van der Waals surface area contributed by atoms with E-state index < -0.39 is 6.04 Å². The maximum Gasteiger partial charge on any atom is 0.307 e. The SMILES string of the molecule is COC(=O)C[C@H](N)c1cc(Cl)c2c(c1)OCCO2. The topological polar surface area (TPSA) is 70.8 Å². The number of nitrogens with two attached hydrogens (primary N) is 1. The van der Waals surface area contributed by atoms with Gasteiger partial charge < -0.3 is 19.9 Å². The quantitative estimate of drug-likeness (QED) is 0.847. The third-order valence-corrected chi connectivity index (χ3v) is 2.94. The van der Waals surface area contributed by atoms with E-state index in [9.17, 15) is 4.79 Å². The van der Waals surface area contributed by atoms with Gasteiger partial charge >= 0.3 is 5.97 Å². The normalized spacial score (nSPS) is 15.1. The largest absolute Gasteiger partial charge is 0.486 e. The number of hydrogen-bond donors (Lipinski definition) is 1. The Labute approximate surface area is 110 Å². The lowest BCUT2D eigenvalue weighted by molar-refractivity contribution is -0.141. The van der Waals surface area contributed by atoms with E-state index in [0.717, 1.165) is 5.56 Å². The van der Waals surface area contributed by atoms with Crippen LogP contribution in [0.15, 0.2) is 12.1 Å². The first-order valence-corrected chi connectivity index (χ1v) is 5.91. The molecule has 5 nitrogen and oxygen atoms in total. The Hall–Kier alpha value is -1.46. The van der Waals surface area contributed by atoms with Gasteiger partial charge in [-0.3, -0.25) is 4.79 Å². The average Bonchev–Trinajstić information content (AvgIpc) is 2.38. The molecule has 98 valence electrons. The third kappa shape index (κ3) is 2.68. The maximum absolute atomic E-state index is 11.2. The summed E-state index contributed by atoms with van der Waals surface area (Å²) in [6, 6.07) is 2.95. The molecule has 1 aromatic rings. The zero-order valence-corrected chi connectivity index (χ0v) is 10.7. The molecule has 0 saturated carbocycles. The van der Waals surface area contributed by atoms with E-state index in [1.54, 1.807) is 12.1 Å². The van der Waals surface area contributed by atoms with Crippen LogP contribution in [0.25, 0.3) is 0 Å². The van der Waals surface area contributed by atoms with Gasteiger partial charge in [-0.15, -0.1) is 0 Å². The number of benzene rings is 1. The molecule has 0 aliphatic carbocycles. The highest BCUT2D eigenvalue weighted by Crippen LogP contribution is 2.39. The van der Waals surface area contributed by atoms with Crippen LogP contribution >= 0.6 is 11.6 Å². The van der Waals surface area contributed by atoms with Gasteiger partial charge in [0.15, 0.2) is 11.5 Å². The van der Waals surface area contributed by atoms with E-state index in [2.05, 4.69) is 4.74 Å². The molecule has 0 spiro atoms. The van der Waals surface area contributed by atoms with Gasteiger partial charge in [0, 0.05) is 6.04 Å². The molecule has 0 saturated heterocycles. The smallest absolute Gasteiger partial charge is 0.307 e. The summed E-state index contributed by atoms with van der Waals surface area (Å²) >= 11 is 6.09. The van der Waals surface area contributed by atoms with Gasteiger partial charge in [-0.25, -0.2) is 0 Å². The molecule has 1 heterocycles. The van der Waals surface area contributed by atoms with E-state index in [1.807, 2.05) is 0 Å². The van der Waals surface area contributed by atoms with Gasteiger partial charge in [0.2, 0.25) is 0 Å². The molecule has 0 bridgehead atoms. The van der Waals surface area contributed by atoms with Crippen molar-refractivity contribution in [3.05, 3.63) is 22.7 Å². The lowest BCUT2D eigenvalue weighted by Gasteiger charge is -2.21. The number of rotatable bonds is 3. The molecule has 2 N–H and O–H groups in total. The fraction of sp³-hybridized carbons (Fsp3) is 0.417. The van der Waals surface area contributed by atoms with Gasteiger partial charge in [0.1, 0.15) is 13.2 Å². The molecule has 0 amide bonds. The van der Waals surface area contributed by atoms with Crippen molar-refractivity contribution in [2.75, 3.05) is 20.3 Å². The Bertz CT molecular complexity index is 464. The fourth-order valence-electron chi connectivity index (χ4n) is 1.73. The van der Waals surface area contributed by atoms with Crippen LogP contribution in [0.2, 0.25) is 5.02 Å². The summed E-state index contributed by atoms with van der Waals surface area (Å²) < 4.78 is 15.4. The first kappa shape index (κ1) is 13.0. The molecule has 2 rings (SSSR count). The molecule has 0 unspecified atom stereocenters. The number of carbonyl (C=O) groups excluding carboxylic acids is 1. The zero-order chi connectivity index (χ0) is 13.1. The number of halogens is 1. The molecule has 1 aliphatic heterocycles. The highest BCUT2D eigenvalue weighted by molar-refractivity contribution is 6.32. The van der Waals surface area contributed by atoms with E-state index >= 15 is 0 Å². The van der Waals surface area contributed by atoms with Gasteiger partial charge in [-0.05, 0) is 17.7 Å². The molecule has 0 radical (unpaired) electrons. The minimum Gasteiger partial charge on any atom is -0.486 e. The Kier molecular flexibility index (Phi) is 3.93. The fourth-order valence-corrected chi connectivity index (χ4v) is 2.00. The predicted octanol–water partition coefficient (Wildman–Crippen LogP) is 1.67. The van der Waals surface area contributed by atoms with Crippen molar-refractivity contribution < 1.29 is 19.0 Å². The summed E-state index contributed by atoms with van der Waals surface area (Å²) in [7, 11) is 1.33. The molecule has 0 aromatic heterocycles. The number of carbonyl (C=O) groups is 1.